The molecule has 132 valence electrons. The average Bonchev–Trinajstić information content (AvgIpc) is 3.31. The van der Waals surface area contributed by atoms with Crippen molar-refractivity contribution in [2.24, 2.45) is 0 Å². The lowest BCUT2D eigenvalue weighted by atomic mass is 10.2. The van der Waals surface area contributed by atoms with Gasteiger partial charge in [-0.2, -0.15) is 11.3 Å². The largest absolute Gasteiger partial charge is 0.343 e. The van der Waals surface area contributed by atoms with E-state index in [1.807, 2.05) is 5.38 Å². The number of nitrogens with one attached hydrogen (secondary N) is 2. The van der Waals surface area contributed by atoms with E-state index >= 15 is 0 Å². The van der Waals surface area contributed by atoms with Crippen LogP contribution in [0.3, 0.4) is 0 Å². The number of carbonyl (C=O) groups excluding carboxylic acids is 3. The number of carbonyl (C=O) groups is 3. The molecule has 2 N–H and O–H groups in total. The Morgan fingerprint density at radius 2 is 1.88 bits per heavy atom. The zero-order chi connectivity index (χ0) is 18.5. The van der Waals surface area contributed by atoms with Gasteiger partial charge in [-0.15, -0.1) is 11.3 Å². The molecular weight excluding hydrogens is 375 g/mol. The Morgan fingerprint density at radius 3 is 2.62 bits per heavy atom. The molecule has 1 aromatic carbocycles. The minimum absolute atomic E-state index is 0.0716. The maximum atomic E-state index is 13.1. The van der Waals surface area contributed by atoms with Crippen molar-refractivity contribution in [1.29, 1.82) is 0 Å². The van der Waals surface area contributed by atoms with Gasteiger partial charge in [-0.05, 0) is 41.8 Å². The minimum Gasteiger partial charge on any atom is -0.343 e. The van der Waals surface area contributed by atoms with Crippen LogP contribution in [0.2, 0.25) is 0 Å². The van der Waals surface area contributed by atoms with Gasteiger partial charge < -0.3 is 10.6 Å². The molecule has 0 radical (unpaired) electrons. The van der Waals surface area contributed by atoms with Crippen LogP contribution in [0.1, 0.15) is 20.1 Å². The van der Waals surface area contributed by atoms with Crippen molar-refractivity contribution in [3.05, 3.63) is 74.4 Å². The fraction of sp³-hybridized carbons (Fsp3) is 0.0556. The molecule has 0 unspecified atom stereocenters. The van der Waals surface area contributed by atoms with Crippen LogP contribution in [0.4, 0.5) is 10.1 Å². The van der Waals surface area contributed by atoms with Crippen LogP contribution in [0, 0.1) is 5.82 Å². The molecule has 2 aromatic heterocycles. The van der Waals surface area contributed by atoms with Crippen molar-refractivity contribution < 1.29 is 18.8 Å². The number of halogens is 1. The van der Waals surface area contributed by atoms with Crippen LogP contribution >= 0.6 is 22.7 Å². The number of hydrogen-bond acceptors (Lipinski definition) is 5. The maximum Gasteiger partial charge on any atom is 0.313 e. The lowest BCUT2D eigenvalue weighted by Gasteiger charge is -2.05. The van der Waals surface area contributed by atoms with E-state index in [9.17, 15) is 18.8 Å². The zero-order valence-corrected chi connectivity index (χ0v) is 15.0. The smallest absolute Gasteiger partial charge is 0.313 e. The van der Waals surface area contributed by atoms with Gasteiger partial charge in [-0.3, -0.25) is 14.4 Å². The van der Waals surface area contributed by atoms with Crippen LogP contribution in [0.15, 0.2) is 53.2 Å². The topological polar surface area (TPSA) is 75.3 Å². The first-order chi connectivity index (χ1) is 12.5. The molecule has 0 spiro atoms. The van der Waals surface area contributed by atoms with Crippen molar-refractivity contribution in [3.8, 4) is 0 Å². The summed E-state index contributed by atoms with van der Waals surface area (Å²) in [4.78, 5) is 37.2. The van der Waals surface area contributed by atoms with Crippen LogP contribution in [-0.4, -0.2) is 17.6 Å². The summed E-state index contributed by atoms with van der Waals surface area (Å²) in [5.74, 6) is -2.31. The van der Waals surface area contributed by atoms with Gasteiger partial charge in [0.25, 0.3) is 0 Å². The summed E-state index contributed by atoms with van der Waals surface area (Å²) in [5.41, 5.74) is 0.826. The van der Waals surface area contributed by atoms with Crippen LogP contribution in [0.25, 0.3) is 0 Å². The van der Waals surface area contributed by atoms with Gasteiger partial charge in [-0.25, -0.2) is 4.39 Å². The van der Waals surface area contributed by atoms with Gasteiger partial charge in [0.15, 0.2) is 0 Å². The van der Waals surface area contributed by atoms with Gasteiger partial charge in [-0.1, -0.05) is 6.07 Å². The van der Waals surface area contributed by atoms with Crippen LogP contribution in [-0.2, 0) is 16.1 Å². The molecular formula is C18H13FN2O3S2. The Kier molecular flexibility index (Phi) is 5.55. The molecule has 3 rings (SSSR count). The molecule has 0 saturated carbocycles. The molecule has 8 heteroatoms. The molecule has 5 nitrogen and oxygen atoms in total. The summed E-state index contributed by atoms with van der Waals surface area (Å²) in [6, 6.07) is 10.4. The van der Waals surface area contributed by atoms with Crippen molar-refractivity contribution in [1.82, 2.24) is 5.32 Å². The summed E-state index contributed by atoms with van der Waals surface area (Å²) in [6.45, 7) is 0.122. The predicted octanol–water partition coefficient (Wildman–Crippen LogP) is 3.43. The molecule has 0 aliphatic carbocycles. The second-order valence-electron chi connectivity index (χ2n) is 5.25. The summed E-state index contributed by atoms with van der Waals surface area (Å²) in [6.07, 6.45) is 0. The monoisotopic (exact) mass is 388 g/mol. The number of ketones is 1. The number of rotatable bonds is 5. The van der Waals surface area contributed by atoms with Gasteiger partial charge in [0, 0.05) is 21.5 Å². The SMILES string of the molecule is O=C(NCc1ccc(C(=O)c2ccsc2)s1)C(=O)Nc1cccc(F)c1. The first-order valence-electron chi connectivity index (χ1n) is 7.53. The summed E-state index contributed by atoms with van der Waals surface area (Å²) < 4.78 is 13.1. The van der Waals surface area contributed by atoms with Gasteiger partial charge in [0.2, 0.25) is 5.78 Å². The van der Waals surface area contributed by atoms with Gasteiger partial charge in [0.05, 0.1) is 11.4 Å². The first-order valence-corrected chi connectivity index (χ1v) is 9.29. The Bertz CT molecular complexity index is 951. The van der Waals surface area contributed by atoms with Crippen molar-refractivity contribution in [2.45, 2.75) is 6.54 Å². The third-order valence-corrected chi connectivity index (χ3v) is 5.15. The number of amides is 2. The maximum absolute atomic E-state index is 13.1. The van der Waals surface area contributed by atoms with Gasteiger partial charge >= 0.3 is 11.8 Å². The van der Waals surface area contributed by atoms with E-state index in [0.717, 1.165) is 10.9 Å². The van der Waals surface area contributed by atoms with Crippen LogP contribution < -0.4 is 10.6 Å². The number of thiophene rings is 2. The molecule has 2 heterocycles. The third kappa shape index (κ3) is 4.41. The highest BCUT2D eigenvalue weighted by molar-refractivity contribution is 7.14. The molecule has 0 saturated heterocycles. The van der Waals surface area contributed by atoms with E-state index in [4.69, 9.17) is 0 Å². The third-order valence-electron chi connectivity index (χ3n) is 3.38. The predicted molar refractivity (Wildman–Crippen MR) is 98.9 cm³/mol. The fourth-order valence-corrected chi connectivity index (χ4v) is 3.68. The molecule has 26 heavy (non-hydrogen) atoms. The summed E-state index contributed by atoms with van der Waals surface area (Å²) in [7, 11) is 0. The Morgan fingerprint density at radius 1 is 1.04 bits per heavy atom. The van der Waals surface area contributed by atoms with E-state index < -0.39 is 17.6 Å². The molecule has 2 amide bonds. The molecule has 0 aliphatic heterocycles. The Labute approximate surface area is 156 Å². The Balaban J connectivity index is 1.54. The highest BCUT2D eigenvalue weighted by Crippen LogP contribution is 2.21. The van der Waals surface area contributed by atoms with E-state index in [1.54, 1.807) is 23.6 Å². The molecule has 0 atom stereocenters. The van der Waals surface area contributed by atoms with Crippen molar-refractivity contribution in [3.63, 3.8) is 0 Å². The van der Waals surface area contributed by atoms with E-state index in [-0.39, 0.29) is 18.0 Å². The molecule has 0 aliphatic rings. The Hall–Kier alpha value is -2.84. The second-order valence-corrected chi connectivity index (χ2v) is 7.20. The fourth-order valence-electron chi connectivity index (χ4n) is 2.13. The average molecular weight is 388 g/mol. The van der Waals surface area contributed by atoms with Crippen molar-refractivity contribution in [2.75, 3.05) is 5.32 Å². The van der Waals surface area contributed by atoms with E-state index in [0.29, 0.717) is 10.4 Å². The van der Waals surface area contributed by atoms with Crippen molar-refractivity contribution >= 4 is 46.0 Å². The van der Waals surface area contributed by atoms with Crippen LogP contribution in [0.5, 0.6) is 0 Å². The summed E-state index contributed by atoms with van der Waals surface area (Å²) in [5, 5.41) is 8.41. The molecule has 3 aromatic rings. The quantitative estimate of drug-likeness (QED) is 0.519. The number of hydrogen-bond donors (Lipinski definition) is 2. The highest BCUT2D eigenvalue weighted by Gasteiger charge is 2.16. The highest BCUT2D eigenvalue weighted by atomic mass is 32.1. The minimum atomic E-state index is -0.887. The lowest BCUT2D eigenvalue weighted by Crippen LogP contribution is -2.34. The van der Waals surface area contributed by atoms with E-state index in [1.165, 1.54) is 40.9 Å². The lowest BCUT2D eigenvalue weighted by molar-refractivity contribution is -0.136. The number of anilines is 1. The second kappa shape index (κ2) is 8.03. The van der Waals surface area contributed by atoms with E-state index in [2.05, 4.69) is 10.6 Å². The van der Waals surface area contributed by atoms with Gasteiger partial charge in [0.1, 0.15) is 5.82 Å². The number of benzene rings is 1. The molecule has 0 bridgehead atoms. The zero-order valence-electron chi connectivity index (χ0n) is 13.3. The first kappa shape index (κ1) is 18.0. The molecule has 0 fully saturated rings. The summed E-state index contributed by atoms with van der Waals surface area (Å²) >= 11 is 2.71. The standard InChI is InChI=1S/C18H13FN2O3S2/c19-12-2-1-3-13(8-12)21-18(24)17(23)20-9-14-4-5-15(26-14)16(22)11-6-7-25-10-11/h1-8,10H,9H2,(H,20,23)(H,21,24). The normalized spacial score (nSPS) is 10.3.